The number of methoxy groups -OCH3 is 1. The van der Waals surface area contributed by atoms with Gasteiger partial charge in [-0.15, -0.1) is 0 Å². The summed E-state index contributed by atoms with van der Waals surface area (Å²) in [4.78, 5) is 22.8. The quantitative estimate of drug-likeness (QED) is 0.718. The highest BCUT2D eigenvalue weighted by molar-refractivity contribution is 5.97. The molecular formula is C14H15NO5. The molecule has 2 unspecified atom stereocenters. The minimum atomic E-state index is -0.912. The van der Waals surface area contributed by atoms with E-state index in [1.807, 2.05) is 0 Å². The Bertz CT molecular complexity index is 567. The summed E-state index contributed by atoms with van der Waals surface area (Å²) < 4.78 is 4.94. The number of amides is 1. The van der Waals surface area contributed by atoms with Gasteiger partial charge in [-0.3, -0.25) is 9.59 Å². The maximum Gasteiger partial charge on any atom is 0.310 e. The molecule has 0 aromatic heterocycles. The van der Waals surface area contributed by atoms with E-state index in [4.69, 9.17) is 9.84 Å². The van der Waals surface area contributed by atoms with E-state index >= 15 is 0 Å². The molecule has 6 heteroatoms. The Morgan fingerprint density at radius 1 is 1.35 bits per heavy atom. The monoisotopic (exact) mass is 277 g/mol. The molecular weight excluding hydrogens is 262 g/mol. The molecule has 2 rings (SSSR count). The first kappa shape index (κ1) is 13.9. The van der Waals surface area contributed by atoms with Gasteiger partial charge in [0.05, 0.1) is 18.6 Å². The number of aliphatic carboxylic acids is 1. The molecule has 1 amide bonds. The number of nitrogens with one attached hydrogen (secondary N) is 1. The van der Waals surface area contributed by atoms with E-state index in [2.05, 4.69) is 5.32 Å². The highest BCUT2D eigenvalue weighted by Crippen LogP contribution is 2.24. The van der Waals surface area contributed by atoms with Gasteiger partial charge in [-0.05, 0) is 18.6 Å². The summed E-state index contributed by atoms with van der Waals surface area (Å²) in [6.45, 7) is 0. The third kappa shape index (κ3) is 2.90. The molecule has 0 fully saturated rings. The van der Waals surface area contributed by atoms with E-state index in [9.17, 15) is 14.7 Å². The number of ether oxygens (including phenoxy) is 1. The van der Waals surface area contributed by atoms with Crippen LogP contribution >= 0.6 is 0 Å². The number of carbonyl (C=O) groups is 2. The smallest absolute Gasteiger partial charge is 0.310 e. The molecule has 20 heavy (non-hydrogen) atoms. The van der Waals surface area contributed by atoms with Crippen molar-refractivity contribution < 1.29 is 24.5 Å². The molecule has 0 bridgehead atoms. The Balaban J connectivity index is 2.03. The van der Waals surface area contributed by atoms with Crippen molar-refractivity contribution in [2.24, 2.45) is 5.92 Å². The Hall–Kier alpha value is -2.50. The average Bonchev–Trinajstić information content (AvgIpc) is 2.87. The second-order valence-electron chi connectivity index (χ2n) is 4.53. The van der Waals surface area contributed by atoms with Crippen molar-refractivity contribution in [1.82, 2.24) is 5.32 Å². The summed E-state index contributed by atoms with van der Waals surface area (Å²) >= 11 is 0. The van der Waals surface area contributed by atoms with Crippen molar-refractivity contribution in [2.75, 3.05) is 7.11 Å². The Labute approximate surface area is 115 Å². The lowest BCUT2D eigenvalue weighted by molar-refractivity contribution is -0.140. The lowest BCUT2D eigenvalue weighted by Gasteiger charge is -2.13. The molecule has 0 saturated carbocycles. The summed E-state index contributed by atoms with van der Waals surface area (Å²) in [5.74, 6) is -1.68. The van der Waals surface area contributed by atoms with Gasteiger partial charge in [-0.1, -0.05) is 12.2 Å². The SMILES string of the molecule is COc1ccc(C(=O)NC2C=CC(C(=O)O)C2)c(O)c1. The first-order valence-corrected chi connectivity index (χ1v) is 6.10. The van der Waals surface area contributed by atoms with Crippen LogP contribution in [0.2, 0.25) is 0 Å². The van der Waals surface area contributed by atoms with Crippen molar-refractivity contribution in [3.05, 3.63) is 35.9 Å². The summed E-state index contributed by atoms with van der Waals surface area (Å²) in [5.41, 5.74) is 0.123. The van der Waals surface area contributed by atoms with E-state index < -0.39 is 17.8 Å². The zero-order valence-corrected chi connectivity index (χ0v) is 10.9. The third-order valence-corrected chi connectivity index (χ3v) is 3.17. The highest BCUT2D eigenvalue weighted by atomic mass is 16.5. The van der Waals surface area contributed by atoms with Crippen molar-refractivity contribution in [1.29, 1.82) is 0 Å². The molecule has 0 heterocycles. The number of carbonyl (C=O) groups excluding carboxylic acids is 1. The fraction of sp³-hybridized carbons (Fsp3) is 0.286. The van der Waals surface area contributed by atoms with Crippen LogP contribution in [0, 0.1) is 5.92 Å². The minimum Gasteiger partial charge on any atom is -0.507 e. The number of hydrogen-bond donors (Lipinski definition) is 3. The third-order valence-electron chi connectivity index (χ3n) is 3.17. The van der Waals surface area contributed by atoms with Crippen LogP contribution in [0.4, 0.5) is 0 Å². The molecule has 0 radical (unpaired) electrons. The number of carboxylic acid groups (broad SMARTS) is 1. The summed E-state index contributed by atoms with van der Waals surface area (Å²) in [6, 6.07) is 4.03. The van der Waals surface area contributed by atoms with Gasteiger partial charge in [0.25, 0.3) is 5.91 Å². The number of benzene rings is 1. The Morgan fingerprint density at radius 3 is 2.65 bits per heavy atom. The van der Waals surface area contributed by atoms with E-state index in [0.717, 1.165) is 0 Å². The number of rotatable bonds is 4. The summed E-state index contributed by atoms with van der Waals surface area (Å²) in [6.07, 6.45) is 3.52. The molecule has 6 nitrogen and oxygen atoms in total. The first-order valence-electron chi connectivity index (χ1n) is 6.10. The number of aromatic hydroxyl groups is 1. The fourth-order valence-electron chi connectivity index (χ4n) is 2.07. The topological polar surface area (TPSA) is 95.9 Å². The standard InChI is InChI=1S/C14H15NO5/c1-20-10-4-5-11(12(16)7-10)13(17)15-9-3-2-8(6-9)14(18)19/h2-5,7-9,16H,6H2,1H3,(H,15,17)(H,18,19). The lowest BCUT2D eigenvalue weighted by Crippen LogP contribution is -2.33. The number of carboxylic acids is 1. The van der Waals surface area contributed by atoms with E-state index in [1.54, 1.807) is 18.2 Å². The van der Waals surface area contributed by atoms with Gasteiger partial charge in [0.1, 0.15) is 11.5 Å². The van der Waals surface area contributed by atoms with E-state index in [1.165, 1.54) is 19.2 Å². The second-order valence-corrected chi connectivity index (χ2v) is 4.53. The second kappa shape index (κ2) is 5.64. The van der Waals surface area contributed by atoms with Crippen LogP contribution in [0.25, 0.3) is 0 Å². The fourth-order valence-corrected chi connectivity index (χ4v) is 2.07. The summed E-state index contributed by atoms with van der Waals surface area (Å²) in [7, 11) is 1.46. The zero-order chi connectivity index (χ0) is 14.7. The largest absolute Gasteiger partial charge is 0.507 e. The molecule has 0 spiro atoms. The Morgan fingerprint density at radius 2 is 2.10 bits per heavy atom. The maximum atomic E-state index is 12.0. The van der Waals surface area contributed by atoms with Gasteiger partial charge in [0.2, 0.25) is 0 Å². The Kier molecular flexibility index (Phi) is 3.93. The van der Waals surface area contributed by atoms with Gasteiger partial charge in [-0.2, -0.15) is 0 Å². The van der Waals surface area contributed by atoms with E-state index in [0.29, 0.717) is 12.2 Å². The van der Waals surface area contributed by atoms with Crippen molar-refractivity contribution in [3.8, 4) is 11.5 Å². The maximum absolute atomic E-state index is 12.0. The van der Waals surface area contributed by atoms with Crippen LogP contribution in [0.1, 0.15) is 16.8 Å². The molecule has 1 aromatic carbocycles. The van der Waals surface area contributed by atoms with Gasteiger partial charge >= 0.3 is 5.97 Å². The van der Waals surface area contributed by atoms with Gasteiger partial charge < -0.3 is 20.3 Å². The number of phenolic OH excluding ortho intramolecular Hbond substituents is 1. The van der Waals surface area contributed by atoms with E-state index in [-0.39, 0.29) is 17.4 Å². The van der Waals surface area contributed by atoms with Crippen molar-refractivity contribution in [3.63, 3.8) is 0 Å². The molecule has 106 valence electrons. The van der Waals surface area contributed by atoms with Gasteiger partial charge in [0.15, 0.2) is 0 Å². The number of hydrogen-bond acceptors (Lipinski definition) is 4. The predicted molar refractivity (Wildman–Crippen MR) is 70.8 cm³/mol. The molecule has 1 aliphatic rings. The van der Waals surface area contributed by atoms with Crippen LogP contribution in [0.3, 0.4) is 0 Å². The first-order chi connectivity index (χ1) is 9.51. The van der Waals surface area contributed by atoms with Crippen LogP contribution in [0.5, 0.6) is 11.5 Å². The van der Waals surface area contributed by atoms with Gasteiger partial charge in [0, 0.05) is 12.1 Å². The molecule has 0 aliphatic heterocycles. The van der Waals surface area contributed by atoms with Gasteiger partial charge in [-0.25, -0.2) is 0 Å². The molecule has 1 aromatic rings. The lowest BCUT2D eigenvalue weighted by atomic mass is 10.1. The van der Waals surface area contributed by atoms with Crippen molar-refractivity contribution in [2.45, 2.75) is 12.5 Å². The zero-order valence-electron chi connectivity index (χ0n) is 10.9. The van der Waals surface area contributed by atoms with Crippen LogP contribution in [-0.4, -0.2) is 35.2 Å². The van der Waals surface area contributed by atoms with Crippen molar-refractivity contribution >= 4 is 11.9 Å². The molecule has 3 N–H and O–H groups in total. The van der Waals surface area contributed by atoms with Crippen LogP contribution < -0.4 is 10.1 Å². The highest BCUT2D eigenvalue weighted by Gasteiger charge is 2.26. The average molecular weight is 277 g/mol. The minimum absolute atomic E-state index is 0.123. The normalized spacial score (nSPS) is 20.6. The van der Waals surface area contributed by atoms with Crippen LogP contribution in [-0.2, 0) is 4.79 Å². The molecule has 0 saturated heterocycles. The summed E-state index contributed by atoms with van der Waals surface area (Å²) in [5, 5.41) is 21.3. The number of phenols is 1. The molecule has 1 aliphatic carbocycles. The van der Waals surface area contributed by atoms with Crippen LogP contribution in [0.15, 0.2) is 30.4 Å². The molecule has 2 atom stereocenters. The predicted octanol–water partition coefficient (Wildman–Crippen LogP) is 1.16.